The minimum absolute atomic E-state index is 0.116. The summed E-state index contributed by atoms with van der Waals surface area (Å²) in [5.74, 6) is -1.86. The predicted octanol–water partition coefficient (Wildman–Crippen LogP) is 1.74. The van der Waals surface area contributed by atoms with E-state index in [1.54, 1.807) is 29.2 Å². The van der Waals surface area contributed by atoms with Gasteiger partial charge in [-0.1, -0.05) is 42.5 Å². The zero-order valence-corrected chi connectivity index (χ0v) is 15.2. The van der Waals surface area contributed by atoms with Gasteiger partial charge in [-0.25, -0.2) is 0 Å². The normalized spacial score (nSPS) is 21.2. The van der Waals surface area contributed by atoms with Crippen molar-refractivity contribution in [3.8, 4) is 5.75 Å². The number of anilines is 1. The third kappa shape index (κ3) is 3.31. The summed E-state index contributed by atoms with van der Waals surface area (Å²) in [7, 11) is 0. The molecule has 0 aliphatic carbocycles. The van der Waals surface area contributed by atoms with Gasteiger partial charge in [0.1, 0.15) is 12.3 Å². The molecule has 2 aliphatic rings. The Labute approximate surface area is 162 Å². The second kappa shape index (κ2) is 7.34. The lowest BCUT2D eigenvalue weighted by Crippen LogP contribution is -2.46. The molecule has 1 saturated heterocycles. The van der Waals surface area contributed by atoms with E-state index in [0.717, 1.165) is 5.56 Å². The minimum atomic E-state index is -0.919. The number of aliphatic carboxylic acids is 1. The first kappa shape index (κ1) is 18.0. The fraction of sp³-hybridized carbons (Fsp3) is 0.286. The van der Waals surface area contributed by atoms with E-state index in [9.17, 15) is 19.5 Å². The van der Waals surface area contributed by atoms with Gasteiger partial charge in [0, 0.05) is 19.0 Å². The van der Waals surface area contributed by atoms with Crippen LogP contribution in [0.2, 0.25) is 0 Å². The van der Waals surface area contributed by atoms with Gasteiger partial charge in [-0.2, -0.15) is 0 Å². The zero-order valence-electron chi connectivity index (χ0n) is 15.2. The average Bonchev–Trinajstić information content (AvgIpc) is 3.17. The van der Waals surface area contributed by atoms with Crippen LogP contribution in [0, 0.1) is 5.92 Å². The Morgan fingerprint density at radius 3 is 2.50 bits per heavy atom. The van der Waals surface area contributed by atoms with Crippen LogP contribution in [0.1, 0.15) is 11.5 Å². The predicted molar refractivity (Wildman–Crippen MR) is 101 cm³/mol. The van der Waals surface area contributed by atoms with Gasteiger partial charge < -0.3 is 14.7 Å². The molecule has 2 aromatic carbocycles. The highest BCUT2D eigenvalue weighted by Crippen LogP contribution is 2.34. The van der Waals surface area contributed by atoms with Crippen molar-refractivity contribution in [2.45, 2.75) is 5.92 Å². The van der Waals surface area contributed by atoms with Gasteiger partial charge in [0.2, 0.25) is 5.91 Å². The molecule has 2 amide bonds. The summed E-state index contributed by atoms with van der Waals surface area (Å²) in [6.07, 6.45) is 0. The van der Waals surface area contributed by atoms with E-state index >= 15 is 0 Å². The van der Waals surface area contributed by atoms with Gasteiger partial charge in [-0.15, -0.1) is 0 Å². The lowest BCUT2D eigenvalue weighted by Gasteiger charge is -2.30. The molecule has 0 radical (unpaired) electrons. The number of ether oxygens (including phenoxy) is 1. The van der Waals surface area contributed by atoms with Gasteiger partial charge in [-0.3, -0.25) is 19.3 Å². The van der Waals surface area contributed by atoms with E-state index in [-0.39, 0.29) is 37.4 Å². The number of carbonyl (C=O) groups is 3. The molecular weight excluding hydrogens is 360 g/mol. The highest BCUT2D eigenvalue weighted by molar-refractivity contribution is 6.02. The van der Waals surface area contributed by atoms with Crippen LogP contribution < -0.4 is 9.64 Å². The molecule has 2 heterocycles. The molecule has 144 valence electrons. The van der Waals surface area contributed by atoms with Crippen LogP contribution in [0.15, 0.2) is 54.6 Å². The van der Waals surface area contributed by atoms with Crippen molar-refractivity contribution in [3.05, 3.63) is 60.2 Å². The summed E-state index contributed by atoms with van der Waals surface area (Å²) in [6.45, 7) is 0.204. The van der Waals surface area contributed by atoms with Crippen LogP contribution in [0.5, 0.6) is 5.75 Å². The van der Waals surface area contributed by atoms with E-state index in [2.05, 4.69) is 0 Å². The first-order valence-corrected chi connectivity index (χ1v) is 9.12. The molecule has 2 aromatic rings. The summed E-state index contributed by atoms with van der Waals surface area (Å²) in [6, 6.07) is 16.4. The van der Waals surface area contributed by atoms with Gasteiger partial charge in [0.15, 0.2) is 6.61 Å². The molecule has 1 fully saturated rings. The standard InChI is InChI=1S/C21H20N2O5/c24-19(12-23-17-8-4-5-9-18(17)28-13-20(23)25)22-10-15(16(11-22)21(26)27)14-6-2-1-3-7-14/h1-9,15-16H,10-13H2,(H,26,27)/t15-,16-/m1/s1. The number of hydrogen-bond donors (Lipinski definition) is 1. The summed E-state index contributed by atoms with van der Waals surface area (Å²) in [5, 5.41) is 9.62. The third-order valence-corrected chi connectivity index (χ3v) is 5.32. The van der Waals surface area contributed by atoms with E-state index in [1.165, 1.54) is 4.90 Å². The summed E-state index contributed by atoms with van der Waals surface area (Å²) >= 11 is 0. The van der Waals surface area contributed by atoms with Crippen LogP contribution in [-0.2, 0) is 14.4 Å². The third-order valence-electron chi connectivity index (χ3n) is 5.32. The highest BCUT2D eigenvalue weighted by atomic mass is 16.5. The summed E-state index contributed by atoms with van der Waals surface area (Å²) < 4.78 is 5.40. The number of rotatable bonds is 4. The number of benzene rings is 2. The zero-order chi connectivity index (χ0) is 19.7. The topological polar surface area (TPSA) is 87.2 Å². The van der Waals surface area contributed by atoms with E-state index in [4.69, 9.17) is 4.74 Å². The Morgan fingerprint density at radius 1 is 1.04 bits per heavy atom. The Bertz CT molecular complexity index is 914. The molecule has 2 aliphatic heterocycles. The maximum absolute atomic E-state index is 12.9. The van der Waals surface area contributed by atoms with Crippen molar-refractivity contribution in [1.29, 1.82) is 0 Å². The number of amides is 2. The molecule has 0 unspecified atom stereocenters. The molecule has 2 atom stereocenters. The number of fused-ring (bicyclic) bond motifs is 1. The Kier molecular flexibility index (Phi) is 4.73. The molecule has 7 nitrogen and oxygen atoms in total. The smallest absolute Gasteiger partial charge is 0.308 e. The van der Waals surface area contributed by atoms with Crippen molar-refractivity contribution in [2.24, 2.45) is 5.92 Å². The van der Waals surface area contributed by atoms with E-state index in [1.807, 2.05) is 30.3 Å². The van der Waals surface area contributed by atoms with Crippen LogP contribution in [-0.4, -0.2) is 54.0 Å². The van der Waals surface area contributed by atoms with Crippen molar-refractivity contribution in [1.82, 2.24) is 4.90 Å². The molecule has 0 aromatic heterocycles. The summed E-state index contributed by atoms with van der Waals surface area (Å²) in [4.78, 5) is 39.9. The Balaban J connectivity index is 1.53. The molecule has 0 bridgehead atoms. The van der Waals surface area contributed by atoms with Crippen LogP contribution in [0.3, 0.4) is 0 Å². The molecule has 4 rings (SSSR count). The molecule has 28 heavy (non-hydrogen) atoms. The van der Waals surface area contributed by atoms with Crippen molar-refractivity contribution in [2.75, 3.05) is 31.1 Å². The maximum Gasteiger partial charge on any atom is 0.308 e. The monoisotopic (exact) mass is 380 g/mol. The quantitative estimate of drug-likeness (QED) is 0.873. The fourth-order valence-corrected chi connectivity index (χ4v) is 3.86. The molecule has 7 heteroatoms. The lowest BCUT2D eigenvalue weighted by atomic mass is 9.89. The van der Waals surface area contributed by atoms with Gasteiger partial charge in [0.05, 0.1) is 11.6 Å². The first-order valence-electron chi connectivity index (χ1n) is 9.12. The minimum Gasteiger partial charge on any atom is -0.482 e. The largest absolute Gasteiger partial charge is 0.482 e. The second-order valence-electron chi connectivity index (χ2n) is 7.00. The number of hydrogen-bond acceptors (Lipinski definition) is 4. The van der Waals surface area contributed by atoms with Crippen LogP contribution in [0.4, 0.5) is 5.69 Å². The number of carboxylic acids is 1. The molecule has 1 N–H and O–H groups in total. The molecule has 0 saturated carbocycles. The second-order valence-corrected chi connectivity index (χ2v) is 7.00. The van der Waals surface area contributed by atoms with E-state index < -0.39 is 11.9 Å². The van der Waals surface area contributed by atoms with Crippen molar-refractivity contribution < 1.29 is 24.2 Å². The van der Waals surface area contributed by atoms with Crippen LogP contribution >= 0.6 is 0 Å². The Morgan fingerprint density at radius 2 is 1.75 bits per heavy atom. The number of carboxylic acid groups (broad SMARTS) is 1. The van der Waals surface area contributed by atoms with E-state index in [0.29, 0.717) is 18.0 Å². The van der Waals surface area contributed by atoms with Gasteiger partial charge >= 0.3 is 5.97 Å². The number of para-hydroxylation sites is 2. The van der Waals surface area contributed by atoms with Crippen LogP contribution in [0.25, 0.3) is 0 Å². The maximum atomic E-state index is 12.9. The molecular formula is C21H20N2O5. The average molecular weight is 380 g/mol. The number of carbonyl (C=O) groups excluding carboxylic acids is 2. The van der Waals surface area contributed by atoms with Gasteiger partial charge in [-0.05, 0) is 17.7 Å². The first-order chi connectivity index (χ1) is 13.5. The van der Waals surface area contributed by atoms with Crippen molar-refractivity contribution in [3.63, 3.8) is 0 Å². The molecule has 0 spiro atoms. The summed E-state index contributed by atoms with van der Waals surface area (Å²) in [5.41, 5.74) is 1.46. The SMILES string of the molecule is O=C(O)[C@@H]1CN(C(=O)CN2C(=O)COc3ccccc32)C[C@@H]1c1ccccc1. The van der Waals surface area contributed by atoms with Gasteiger partial charge in [0.25, 0.3) is 5.91 Å². The Hall–Kier alpha value is -3.35. The number of nitrogens with zero attached hydrogens (tertiary/aromatic N) is 2. The lowest BCUT2D eigenvalue weighted by molar-refractivity contribution is -0.142. The van der Waals surface area contributed by atoms with Crippen molar-refractivity contribution >= 4 is 23.5 Å². The fourth-order valence-electron chi connectivity index (χ4n) is 3.86. The highest BCUT2D eigenvalue weighted by Gasteiger charge is 2.41. The number of likely N-dealkylation sites (tertiary alicyclic amines) is 1.